The van der Waals surface area contributed by atoms with E-state index in [0.717, 1.165) is 10.0 Å². The fraction of sp³-hybridized carbons (Fsp3) is 0.143. The summed E-state index contributed by atoms with van der Waals surface area (Å²) < 4.78 is 25.1. The molecule has 2 aromatic rings. The van der Waals surface area contributed by atoms with Crippen molar-refractivity contribution in [2.75, 3.05) is 12.1 Å². The molecule has 0 radical (unpaired) electrons. The van der Waals surface area contributed by atoms with Crippen molar-refractivity contribution in [2.24, 2.45) is 0 Å². The molecule has 0 aromatic heterocycles. The van der Waals surface area contributed by atoms with Crippen LogP contribution in [0.1, 0.15) is 5.56 Å². The zero-order chi connectivity index (χ0) is 14.1. The van der Waals surface area contributed by atoms with Crippen LogP contribution in [0.4, 0.5) is 10.1 Å². The standard InChI is InChI=1S/C14H10BrClFNO2/c15-10-3-8(4-13-14(10)20-7-19-13)6-18-12-2-1-9(16)5-11(12)17/h1-5,18H,6-7H2. The van der Waals surface area contributed by atoms with E-state index < -0.39 is 0 Å². The maximum absolute atomic E-state index is 13.7. The molecule has 3 rings (SSSR count). The van der Waals surface area contributed by atoms with E-state index in [4.69, 9.17) is 21.1 Å². The summed E-state index contributed by atoms with van der Waals surface area (Å²) in [5, 5.41) is 3.40. The van der Waals surface area contributed by atoms with Gasteiger partial charge in [0, 0.05) is 11.6 Å². The van der Waals surface area contributed by atoms with E-state index in [1.54, 1.807) is 12.1 Å². The van der Waals surface area contributed by atoms with Crippen molar-refractivity contribution < 1.29 is 13.9 Å². The van der Waals surface area contributed by atoms with Crippen LogP contribution < -0.4 is 14.8 Å². The third kappa shape index (κ3) is 2.69. The van der Waals surface area contributed by atoms with Gasteiger partial charge in [-0.3, -0.25) is 0 Å². The first kappa shape index (κ1) is 13.5. The molecule has 0 spiro atoms. The monoisotopic (exact) mass is 357 g/mol. The molecular weight excluding hydrogens is 349 g/mol. The highest BCUT2D eigenvalue weighted by Crippen LogP contribution is 2.40. The van der Waals surface area contributed by atoms with E-state index in [2.05, 4.69) is 21.2 Å². The van der Waals surface area contributed by atoms with Gasteiger partial charge in [-0.25, -0.2) is 4.39 Å². The van der Waals surface area contributed by atoms with Crippen LogP contribution in [0.5, 0.6) is 11.5 Å². The van der Waals surface area contributed by atoms with Crippen LogP contribution in [0.3, 0.4) is 0 Å². The molecule has 0 unspecified atom stereocenters. The van der Waals surface area contributed by atoms with Crippen molar-refractivity contribution in [2.45, 2.75) is 6.54 Å². The predicted octanol–water partition coefficient (Wildman–Crippen LogP) is 4.58. The normalized spacial score (nSPS) is 12.6. The lowest BCUT2D eigenvalue weighted by molar-refractivity contribution is 0.173. The summed E-state index contributed by atoms with van der Waals surface area (Å²) >= 11 is 9.14. The van der Waals surface area contributed by atoms with Crippen LogP contribution in [0.25, 0.3) is 0 Å². The van der Waals surface area contributed by atoms with Gasteiger partial charge in [-0.1, -0.05) is 11.6 Å². The number of halogens is 3. The molecule has 1 aliphatic heterocycles. The van der Waals surface area contributed by atoms with Crippen molar-refractivity contribution in [1.29, 1.82) is 0 Å². The van der Waals surface area contributed by atoms with E-state index in [9.17, 15) is 4.39 Å². The number of nitrogens with one attached hydrogen (secondary N) is 1. The van der Waals surface area contributed by atoms with Gasteiger partial charge in [0.25, 0.3) is 0 Å². The van der Waals surface area contributed by atoms with E-state index in [1.807, 2.05) is 12.1 Å². The second-order valence-electron chi connectivity index (χ2n) is 4.29. The van der Waals surface area contributed by atoms with Crippen LogP contribution in [0.2, 0.25) is 5.02 Å². The van der Waals surface area contributed by atoms with Crippen molar-refractivity contribution in [3.05, 3.63) is 51.2 Å². The number of hydrogen-bond donors (Lipinski definition) is 1. The lowest BCUT2D eigenvalue weighted by atomic mass is 10.2. The molecule has 0 aliphatic carbocycles. The van der Waals surface area contributed by atoms with Gasteiger partial charge in [-0.15, -0.1) is 0 Å². The number of fused-ring (bicyclic) bond motifs is 1. The Morgan fingerprint density at radius 2 is 2.10 bits per heavy atom. The Morgan fingerprint density at radius 3 is 2.90 bits per heavy atom. The third-order valence-electron chi connectivity index (χ3n) is 2.90. The molecule has 0 saturated carbocycles. The molecule has 1 heterocycles. The first-order chi connectivity index (χ1) is 9.63. The highest BCUT2D eigenvalue weighted by atomic mass is 79.9. The minimum atomic E-state index is -0.377. The first-order valence-corrected chi connectivity index (χ1v) is 7.07. The third-order valence-corrected chi connectivity index (χ3v) is 3.73. The number of hydrogen-bond acceptors (Lipinski definition) is 3. The van der Waals surface area contributed by atoms with Gasteiger partial charge in [0.15, 0.2) is 11.5 Å². The highest BCUT2D eigenvalue weighted by molar-refractivity contribution is 9.10. The zero-order valence-electron chi connectivity index (χ0n) is 10.3. The molecule has 0 bridgehead atoms. The SMILES string of the molecule is Fc1cc(Cl)ccc1NCc1cc(Br)c2c(c1)OCO2. The van der Waals surface area contributed by atoms with Gasteiger partial charge in [0.1, 0.15) is 5.82 Å². The molecule has 3 nitrogen and oxygen atoms in total. The molecule has 1 N–H and O–H groups in total. The summed E-state index contributed by atoms with van der Waals surface area (Å²) in [6.45, 7) is 0.685. The van der Waals surface area contributed by atoms with Gasteiger partial charge < -0.3 is 14.8 Å². The molecule has 20 heavy (non-hydrogen) atoms. The average Bonchev–Trinajstić information content (AvgIpc) is 2.86. The lowest BCUT2D eigenvalue weighted by Gasteiger charge is -2.09. The topological polar surface area (TPSA) is 30.5 Å². The number of rotatable bonds is 3. The fourth-order valence-corrected chi connectivity index (χ4v) is 2.72. The van der Waals surface area contributed by atoms with Crippen LogP contribution in [0.15, 0.2) is 34.8 Å². The first-order valence-electron chi connectivity index (χ1n) is 5.90. The Balaban J connectivity index is 1.77. The van der Waals surface area contributed by atoms with Gasteiger partial charge >= 0.3 is 0 Å². The number of benzene rings is 2. The van der Waals surface area contributed by atoms with E-state index in [-0.39, 0.29) is 12.6 Å². The maximum Gasteiger partial charge on any atom is 0.231 e. The lowest BCUT2D eigenvalue weighted by Crippen LogP contribution is -2.01. The number of ether oxygens (including phenoxy) is 2. The predicted molar refractivity (Wildman–Crippen MR) is 79.0 cm³/mol. The van der Waals surface area contributed by atoms with E-state index in [0.29, 0.717) is 28.8 Å². The maximum atomic E-state index is 13.7. The Morgan fingerprint density at radius 1 is 1.25 bits per heavy atom. The van der Waals surface area contributed by atoms with Crippen molar-refractivity contribution in [3.8, 4) is 11.5 Å². The van der Waals surface area contributed by atoms with Crippen molar-refractivity contribution in [1.82, 2.24) is 0 Å². The summed E-state index contributed by atoms with van der Waals surface area (Å²) in [4.78, 5) is 0. The van der Waals surface area contributed by atoms with E-state index in [1.165, 1.54) is 6.07 Å². The van der Waals surface area contributed by atoms with Gasteiger partial charge in [-0.2, -0.15) is 0 Å². The molecular formula is C14H10BrClFNO2. The van der Waals surface area contributed by atoms with Crippen LogP contribution >= 0.6 is 27.5 Å². The Labute approximate surface area is 128 Å². The van der Waals surface area contributed by atoms with E-state index >= 15 is 0 Å². The molecule has 104 valence electrons. The number of anilines is 1. The van der Waals surface area contributed by atoms with Gasteiger partial charge in [0.05, 0.1) is 10.2 Å². The fourth-order valence-electron chi connectivity index (χ4n) is 1.95. The Hall–Kier alpha value is -1.46. The minimum absolute atomic E-state index is 0.219. The largest absolute Gasteiger partial charge is 0.454 e. The molecule has 0 fully saturated rings. The average molecular weight is 359 g/mol. The summed E-state index contributed by atoms with van der Waals surface area (Å²) in [5.41, 5.74) is 1.36. The molecule has 1 aliphatic rings. The van der Waals surface area contributed by atoms with Gasteiger partial charge in [0.2, 0.25) is 6.79 Å². The molecule has 0 atom stereocenters. The van der Waals surface area contributed by atoms with Crippen LogP contribution in [-0.2, 0) is 6.54 Å². The Kier molecular flexibility index (Phi) is 3.72. The second kappa shape index (κ2) is 5.50. The summed E-state index contributed by atoms with van der Waals surface area (Å²) in [5.74, 6) is 1.01. The molecule has 0 saturated heterocycles. The van der Waals surface area contributed by atoms with Gasteiger partial charge in [-0.05, 0) is 51.8 Å². The summed E-state index contributed by atoms with van der Waals surface area (Å²) in [7, 11) is 0. The summed E-state index contributed by atoms with van der Waals surface area (Å²) in [6.07, 6.45) is 0. The second-order valence-corrected chi connectivity index (χ2v) is 5.58. The molecule has 2 aromatic carbocycles. The summed E-state index contributed by atoms with van der Waals surface area (Å²) in [6, 6.07) is 8.31. The molecule has 0 amide bonds. The van der Waals surface area contributed by atoms with Crippen molar-refractivity contribution >= 4 is 33.2 Å². The zero-order valence-corrected chi connectivity index (χ0v) is 12.6. The minimum Gasteiger partial charge on any atom is -0.454 e. The van der Waals surface area contributed by atoms with Crippen LogP contribution in [0, 0.1) is 5.82 Å². The van der Waals surface area contributed by atoms with Crippen LogP contribution in [-0.4, -0.2) is 6.79 Å². The molecule has 6 heteroatoms. The highest BCUT2D eigenvalue weighted by Gasteiger charge is 2.17. The Bertz CT molecular complexity index is 666. The smallest absolute Gasteiger partial charge is 0.231 e. The quantitative estimate of drug-likeness (QED) is 0.871. The van der Waals surface area contributed by atoms with Crippen molar-refractivity contribution in [3.63, 3.8) is 0 Å².